The molecule has 0 amide bonds. The Kier molecular flexibility index (Phi) is 14.8. The molecule has 0 atom stereocenters. The Hall–Kier alpha value is -2.56. The standard InChI is InChI=1S/2C13H12O4S.2ClH.Zr/c2*1-10-4-2-3-5-13(10)18(15,16)17-12-8-6-11(14)7-9-12;;;/h2*2-9,14H,1H3;2*1H;/q;;;;+2/p-2. The molecule has 4 aromatic rings. The van der Waals surface area contributed by atoms with E-state index in [-0.39, 0.29) is 83.8 Å². The molecule has 0 bridgehead atoms. The Morgan fingerprint density at radius 1 is 0.513 bits per heavy atom. The van der Waals surface area contributed by atoms with Gasteiger partial charge >= 0.3 is 46.4 Å². The summed E-state index contributed by atoms with van der Waals surface area (Å²) >= 11 is 0. The minimum atomic E-state index is -3.84. The minimum absolute atomic E-state index is 0. The van der Waals surface area contributed by atoms with E-state index < -0.39 is 20.2 Å². The van der Waals surface area contributed by atoms with Crippen LogP contribution in [0.4, 0.5) is 0 Å². The van der Waals surface area contributed by atoms with Crippen molar-refractivity contribution in [2.24, 2.45) is 0 Å². The van der Waals surface area contributed by atoms with Gasteiger partial charge in [-0.1, -0.05) is 36.4 Å². The fourth-order valence-corrected chi connectivity index (χ4v) is 5.34. The van der Waals surface area contributed by atoms with Crippen molar-refractivity contribution in [2.45, 2.75) is 23.6 Å². The van der Waals surface area contributed by atoms with E-state index in [2.05, 4.69) is 0 Å². The predicted molar refractivity (Wildman–Crippen MR) is 134 cm³/mol. The van der Waals surface area contributed by atoms with Crippen molar-refractivity contribution in [2.75, 3.05) is 0 Å². The number of phenolic OH excluding ortho intramolecular Hbond substituents is 2. The van der Waals surface area contributed by atoms with E-state index in [1.165, 1.54) is 60.7 Å². The Labute approximate surface area is 259 Å². The second-order valence-corrected chi connectivity index (χ2v) is 10.6. The van der Waals surface area contributed by atoms with Crippen molar-refractivity contribution in [3.05, 3.63) is 108 Å². The quantitative estimate of drug-likeness (QED) is 0.246. The van der Waals surface area contributed by atoms with Gasteiger partial charge in [0.15, 0.2) is 0 Å². The van der Waals surface area contributed by atoms with Crippen LogP contribution in [0, 0.1) is 13.8 Å². The van der Waals surface area contributed by atoms with Crippen molar-refractivity contribution in [1.29, 1.82) is 0 Å². The summed E-state index contributed by atoms with van der Waals surface area (Å²) in [5.74, 6) is 0.429. The minimum Gasteiger partial charge on any atom is -1.00 e. The first-order valence-electron chi connectivity index (χ1n) is 10.6. The van der Waals surface area contributed by atoms with Gasteiger partial charge in [0.1, 0.15) is 32.8 Å². The van der Waals surface area contributed by atoms with Gasteiger partial charge in [0.25, 0.3) is 0 Å². The summed E-state index contributed by atoms with van der Waals surface area (Å²) in [5, 5.41) is 18.2. The van der Waals surface area contributed by atoms with Crippen molar-refractivity contribution in [3.63, 3.8) is 0 Å². The van der Waals surface area contributed by atoms with E-state index in [1.807, 2.05) is 0 Å². The van der Waals surface area contributed by atoms with Crippen molar-refractivity contribution in [3.8, 4) is 23.0 Å². The first-order valence-corrected chi connectivity index (χ1v) is 13.4. The second-order valence-electron chi connectivity index (χ2n) is 7.59. The smallest absolute Gasteiger partial charge is 1.00 e. The molecule has 0 aliphatic rings. The molecule has 8 nitrogen and oxygen atoms in total. The van der Waals surface area contributed by atoms with Crippen molar-refractivity contribution < 1.29 is 86.4 Å². The number of aryl methyl sites for hydroxylation is 2. The molecular weight excluding hydrogens is 667 g/mol. The molecule has 0 heterocycles. The molecular formula is C26H24Cl2O8S2Zr. The van der Waals surface area contributed by atoms with Crippen molar-refractivity contribution in [1.82, 2.24) is 0 Å². The van der Waals surface area contributed by atoms with Gasteiger partial charge in [-0.15, -0.1) is 0 Å². The van der Waals surface area contributed by atoms with Gasteiger partial charge in [0.05, 0.1) is 0 Å². The van der Waals surface area contributed by atoms with Crippen LogP contribution in [0.15, 0.2) is 107 Å². The van der Waals surface area contributed by atoms with Gasteiger partial charge in [-0.3, -0.25) is 0 Å². The number of phenols is 2. The topological polar surface area (TPSA) is 127 Å². The zero-order valence-corrected chi connectivity index (χ0v) is 26.3. The normalized spacial score (nSPS) is 10.3. The first-order chi connectivity index (χ1) is 17.0. The third kappa shape index (κ3) is 10.5. The Balaban J connectivity index is 0.000000688. The number of rotatable bonds is 6. The van der Waals surface area contributed by atoms with E-state index in [9.17, 15) is 16.8 Å². The van der Waals surface area contributed by atoms with Gasteiger partial charge in [0, 0.05) is 0 Å². The second kappa shape index (κ2) is 15.9. The molecule has 39 heavy (non-hydrogen) atoms. The summed E-state index contributed by atoms with van der Waals surface area (Å²) in [6.45, 7) is 3.40. The van der Waals surface area contributed by atoms with E-state index >= 15 is 0 Å². The Bertz CT molecular complexity index is 1430. The van der Waals surface area contributed by atoms with Crippen LogP contribution in [0.2, 0.25) is 0 Å². The van der Waals surface area contributed by atoms with Crippen LogP contribution in [-0.2, 0) is 46.4 Å². The van der Waals surface area contributed by atoms with Crippen LogP contribution >= 0.6 is 0 Å². The third-order valence-corrected chi connectivity index (χ3v) is 7.63. The number of hydrogen-bond acceptors (Lipinski definition) is 8. The molecule has 4 rings (SSSR count). The SMILES string of the molecule is Cc1ccccc1S(=O)(=O)Oc1ccc(O)cc1.Cc1ccccc1S(=O)(=O)Oc1ccc(O)cc1.[Cl-].[Cl-].[Zr+2]. The molecule has 0 aromatic heterocycles. The van der Waals surface area contributed by atoms with E-state index in [0.29, 0.717) is 11.1 Å². The summed E-state index contributed by atoms with van der Waals surface area (Å²) in [4.78, 5) is 0.274. The molecule has 4 aromatic carbocycles. The summed E-state index contributed by atoms with van der Waals surface area (Å²) in [7, 11) is -7.68. The van der Waals surface area contributed by atoms with Gasteiger partial charge < -0.3 is 43.4 Å². The van der Waals surface area contributed by atoms with Crippen LogP contribution in [0.1, 0.15) is 11.1 Å². The summed E-state index contributed by atoms with van der Waals surface area (Å²) in [5.41, 5.74) is 1.24. The van der Waals surface area contributed by atoms with E-state index in [4.69, 9.17) is 18.6 Å². The largest absolute Gasteiger partial charge is 2.00 e. The zero-order valence-electron chi connectivity index (χ0n) is 20.7. The molecule has 206 valence electrons. The molecule has 0 aliphatic heterocycles. The molecule has 0 saturated carbocycles. The molecule has 0 unspecified atom stereocenters. The maximum absolute atomic E-state index is 12.0. The molecule has 0 saturated heterocycles. The Morgan fingerprint density at radius 3 is 1.08 bits per heavy atom. The van der Waals surface area contributed by atoms with Crippen LogP contribution in [-0.4, -0.2) is 27.0 Å². The molecule has 0 radical (unpaired) electrons. The summed E-state index contributed by atoms with van der Waals surface area (Å²) in [6.07, 6.45) is 0. The fourth-order valence-electron chi connectivity index (χ4n) is 3.02. The maximum Gasteiger partial charge on any atom is 2.00 e. The van der Waals surface area contributed by atoms with Crippen LogP contribution in [0.25, 0.3) is 0 Å². The van der Waals surface area contributed by atoms with Gasteiger partial charge in [-0.2, -0.15) is 16.8 Å². The average Bonchev–Trinajstić information content (AvgIpc) is 2.82. The number of hydrogen-bond donors (Lipinski definition) is 2. The number of aromatic hydroxyl groups is 2. The van der Waals surface area contributed by atoms with Crippen molar-refractivity contribution >= 4 is 20.2 Å². The number of halogens is 2. The average molecular weight is 691 g/mol. The van der Waals surface area contributed by atoms with Gasteiger partial charge in [-0.25, -0.2) is 0 Å². The predicted octanol–water partition coefficient (Wildman–Crippen LogP) is -1.06. The van der Waals surface area contributed by atoms with Gasteiger partial charge in [0.2, 0.25) is 0 Å². The molecule has 0 spiro atoms. The third-order valence-electron chi connectivity index (χ3n) is 4.81. The summed E-state index contributed by atoms with van der Waals surface area (Å²) in [6, 6.07) is 24.2. The number of benzene rings is 4. The fraction of sp³-hybridized carbons (Fsp3) is 0.0769. The Morgan fingerprint density at radius 2 is 0.795 bits per heavy atom. The zero-order chi connectivity index (χ0) is 26.3. The van der Waals surface area contributed by atoms with Crippen LogP contribution in [0.3, 0.4) is 0 Å². The van der Waals surface area contributed by atoms with E-state index in [0.717, 1.165) is 0 Å². The van der Waals surface area contributed by atoms with E-state index in [1.54, 1.807) is 50.2 Å². The molecule has 13 heteroatoms. The maximum atomic E-state index is 12.0. The molecule has 0 fully saturated rings. The van der Waals surface area contributed by atoms with Crippen LogP contribution < -0.4 is 33.2 Å². The monoisotopic (exact) mass is 688 g/mol. The van der Waals surface area contributed by atoms with Gasteiger partial charge in [-0.05, 0) is 85.6 Å². The molecule has 2 N–H and O–H groups in total. The molecule has 0 aliphatic carbocycles. The summed E-state index contributed by atoms with van der Waals surface area (Å²) < 4.78 is 58.1. The van der Waals surface area contributed by atoms with Crippen LogP contribution in [0.5, 0.6) is 23.0 Å². The first kappa shape index (κ1) is 36.4.